The summed E-state index contributed by atoms with van der Waals surface area (Å²) in [6.45, 7) is 6.91. The van der Waals surface area contributed by atoms with E-state index in [2.05, 4.69) is 28.2 Å². The Morgan fingerprint density at radius 1 is 1.21 bits per heavy atom. The first-order valence-electron chi connectivity index (χ1n) is 9.32. The lowest BCUT2D eigenvalue weighted by Gasteiger charge is -2.11. The molecule has 2 aromatic carbocycles. The van der Waals surface area contributed by atoms with Crippen LogP contribution in [0.2, 0.25) is 5.02 Å². The third-order valence-corrected chi connectivity index (χ3v) is 4.63. The molecule has 144 valence electrons. The van der Waals surface area contributed by atoms with Gasteiger partial charge in [-0.05, 0) is 44.5 Å². The molecule has 0 bridgehead atoms. The van der Waals surface area contributed by atoms with Gasteiger partial charge in [-0.3, -0.25) is 4.68 Å². The molecular formula is C21H21ClN4O2. The average molecular weight is 397 g/mol. The van der Waals surface area contributed by atoms with Crippen LogP contribution in [0.5, 0.6) is 5.75 Å². The molecule has 4 rings (SSSR count). The quantitative estimate of drug-likeness (QED) is 0.424. The zero-order valence-corrected chi connectivity index (χ0v) is 16.8. The number of rotatable bonds is 6. The number of nitrogens with zero attached hydrogens (tertiary/aromatic N) is 4. The summed E-state index contributed by atoms with van der Waals surface area (Å²) in [5, 5.41) is 10.2. The first-order valence-corrected chi connectivity index (χ1v) is 9.69. The summed E-state index contributed by atoms with van der Waals surface area (Å²) in [6.07, 6.45) is 2.92. The average Bonchev–Trinajstić information content (AvgIpc) is 3.31. The highest BCUT2D eigenvalue weighted by Gasteiger charge is 2.16. The maximum Gasteiger partial charge on any atom is 0.258 e. The highest BCUT2D eigenvalue weighted by atomic mass is 35.5. The van der Waals surface area contributed by atoms with Crippen LogP contribution < -0.4 is 4.74 Å². The maximum atomic E-state index is 6.33. The van der Waals surface area contributed by atoms with Crippen molar-refractivity contribution in [3.8, 4) is 28.6 Å². The molecule has 0 atom stereocenters. The smallest absolute Gasteiger partial charge is 0.258 e. The fourth-order valence-corrected chi connectivity index (χ4v) is 3.35. The molecular weight excluding hydrogens is 376 g/mol. The summed E-state index contributed by atoms with van der Waals surface area (Å²) >= 11 is 6.33. The molecule has 0 amide bonds. The van der Waals surface area contributed by atoms with Gasteiger partial charge in [0, 0.05) is 23.1 Å². The van der Waals surface area contributed by atoms with Crippen molar-refractivity contribution < 1.29 is 9.26 Å². The van der Waals surface area contributed by atoms with Gasteiger partial charge >= 0.3 is 0 Å². The van der Waals surface area contributed by atoms with Crippen LogP contribution in [0.4, 0.5) is 0 Å². The fourth-order valence-electron chi connectivity index (χ4n) is 3.12. The standard InChI is InChI=1S/C21H21ClN4O2/c1-4-10-26-18-7-5-6-15(16(18)12-23-26)20-24-21(28-25-20)14-8-9-19(17(22)11-14)27-13(2)3/h5-9,11-13H,4,10H2,1-3H3. The number of halogens is 1. The van der Waals surface area contributed by atoms with E-state index in [1.807, 2.05) is 49.0 Å². The summed E-state index contributed by atoms with van der Waals surface area (Å²) in [5.41, 5.74) is 2.69. The van der Waals surface area contributed by atoms with Crippen molar-refractivity contribution in [1.82, 2.24) is 19.9 Å². The van der Waals surface area contributed by atoms with Gasteiger partial charge in [0.2, 0.25) is 5.82 Å². The third-order valence-electron chi connectivity index (χ3n) is 4.33. The van der Waals surface area contributed by atoms with Gasteiger partial charge < -0.3 is 9.26 Å². The Kier molecular flexibility index (Phi) is 5.05. The molecule has 0 spiro atoms. The van der Waals surface area contributed by atoms with E-state index in [-0.39, 0.29) is 6.10 Å². The van der Waals surface area contributed by atoms with Crippen molar-refractivity contribution in [3.05, 3.63) is 47.6 Å². The highest BCUT2D eigenvalue weighted by Crippen LogP contribution is 2.32. The van der Waals surface area contributed by atoms with Crippen LogP contribution in [-0.2, 0) is 6.54 Å². The summed E-state index contributed by atoms with van der Waals surface area (Å²) in [6, 6.07) is 11.5. The molecule has 0 saturated carbocycles. The summed E-state index contributed by atoms with van der Waals surface area (Å²) in [7, 11) is 0. The van der Waals surface area contributed by atoms with Gasteiger partial charge in [-0.25, -0.2) is 0 Å². The van der Waals surface area contributed by atoms with Gasteiger partial charge in [0.15, 0.2) is 0 Å². The Morgan fingerprint density at radius 3 is 2.82 bits per heavy atom. The molecule has 2 aromatic heterocycles. The van der Waals surface area contributed by atoms with Crippen LogP contribution >= 0.6 is 11.6 Å². The van der Waals surface area contributed by atoms with E-state index in [0.29, 0.717) is 22.5 Å². The first kappa shape index (κ1) is 18.5. The Balaban J connectivity index is 1.69. The lowest BCUT2D eigenvalue weighted by molar-refractivity contribution is 0.242. The maximum absolute atomic E-state index is 6.33. The van der Waals surface area contributed by atoms with Crippen LogP contribution in [0.25, 0.3) is 33.7 Å². The summed E-state index contributed by atoms with van der Waals surface area (Å²) in [5.74, 6) is 1.56. The molecule has 28 heavy (non-hydrogen) atoms. The molecule has 7 heteroatoms. The van der Waals surface area contributed by atoms with Gasteiger partial charge in [0.25, 0.3) is 5.89 Å². The Bertz CT molecular complexity index is 1120. The molecule has 0 aliphatic carbocycles. The predicted octanol–water partition coefficient (Wildman–Crippen LogP) is 5.60. The zero-order chi connectivity index (χ0) is 19.7. The Labute approximate surface area is 168 Å². The molecule has 0 N–H and O–H groups in total. The van der Waals surface area contributed by atoms with Crippen LogP contribution in [0.15, 0.2) is 47.1 Å². The largest absolute Gasteiger partial charge is 0.489 e. The van der Waals surface area contributed by atoms with E-state index in [9.17, 15) is 0 Å². The molecule has 4 aromatic rings. The first-order chi connectivity index (χ1) is 13.6. The minimum atomic E-state index is 0.0486. The monoisotopic (exact) mass is 396 g/mol. The lowest BCUT2D eigenvalue weighted by Crippen LogP contribution is -2.05. The molecule has 0 saturated heterocycles. The lowest BCUT2D eigenvalue weighted by atomic mass is 10.1. The molecule has 0 fully saturated rings. The number of aromatic nitrogens is 4. The van der Waals surface area contributed by atoms with Crippen molar-refractivity contribution in [1.29, 1.82) is 0 Å². The molecule has 0 aliphatic heterocycles. The van der Waals surface area contributed by atoms with Crippen LogP contribution in [0, 0.1) is 0 Å². The zero-order valence-electron chi connectivity index (χ0n) is 16.0. The molecule has 0 radical (unpaired) electrons. The van der Waals surface area contributed by atoms with Crippen molar-refractivity contribution in [2.75, 3.05) is 0 Å². The normalized spacial score (nSPS) is 11.5. The minimum absolute atomic E-state index is 0.0486. The summed E-state index contributed by atoms with van der Waals surface area (Å²) < 4.78 is 13.2. The second-order valence-corrected chi connectivity index (χ2v) is 7.25. The predicted molar refractivity (Wildman–Crippen MR) is 110 cm³/mol. The highest BCUT2D eigenvalue weighted by molar-refractivity contribution is 6.32. The number of benzene rings is 2. The van der Waals surface area contributed by atoms with Gasteiger partial charge in [-0.15, -0.1) is 0 Å². The number of aryl methyl sites for hydroxylation is 1. The molecule has 2 heterocycles. The number of fused-ring (bicyclic) bond motifs is 1. The second kappa shape index (κ2) is 7.64. The van der Waals surface area contributed by atoms with Crippen molar-refractivity contribution in [3.63, 3.8) is 0 Å². The van der Waals surface area contributed by atoms with E-state index in [1.54, 1.807) is 6.07 Å². The van der Waals surface area contributed by atoms with Crippen LogP contribution in [0.1, 0.15) is 27.2 Å². The van der Waals surface area contributed by atoms with Gasteiger partial charge in [-0.2, -0.15) is 10.1 Å². The van der Waals surface area contributed by atoms with Gasteiger partial charge in [0.1, 0.15) is 5.75 Å². The van der Waals surface area contributed by atoms with Crippen LogP contribution in [0.3, 0.4) is 0 Å². The van der Waals surface area contributed by atoms with Gasteiger partial charge in [0.05, 0.1) is 22.8 Å². The molecule has 6 nitrogen and oxygen atoms in total. The second-order valence-electron chi connectivity index (χ2n) is 6.84. The SMILES string of the molecule is CCCn1ncc2c(-c3noc(-c4ccc(OC(C)C)c(Cl)c4)n3)cccc21. The molecule has 0 aliphatic rings. The Hall–Kier alpha value is -2.86. The van der Waals surface area contributed by atoms with Crippen molar-refractivity contribution in [2.45, 2.75) is 39.8 Å². The van der Waals surface area contributed by atoms with Crippen LogP contribution in [-0.4, -0.2) is 26.0 Å². The van der Waals surface area contributed by atoms with E-state index in [1.165, 1.54) is 0 Å². The van der Waals surface area contributed by atoms with Crippen molar-refractivity contribution >= 4 is 22.5 Å². The van der Waals surface area contributed by atoms with E-state index < -0.39 is 0 Å². The van der Waals surface area contributed by atoms with Crippen molar-refractivity contribution in [2.24, 2.45) is 0 Å². The number of hydrogen-bond acceptors (Lipinski definition) is 5. The fraction of sp³-hybridized carbons (Fsp3) is 0.286. The molecule has 0 unspecified atom stereocenters. The number of hydrogen-bond donors (Lipinski definition) is 0. The van der Waals surface area contributed by atoms with E-state index in [0.717, 1.165) is 35.0 Å². The summed E-state index contributed by atoms with van der Waals surface area (Å²) in [4.78, 5) is 4.57. The van der Waals surface area contributed by atoms with E-state index in [4.69, 9.17) is 20.9 Å². The Morgan fingerprint density at radius 2 is 2.07 bits per heavy atom. The third kappa shape index (κ3) is 3.47. The van der Waals surface area contributed by atoms with Gasteiger partial charge in [-0.1, -0.05) is 35.8 Å². The van der Waals surface area contributed by atoms with E-state index >= 15 is 0 Å². The minimum Gasteiger partial charge on any atom is -0.489 e. The number of ether oxygens (including phenoxy) is 1. The topological polar surface area (TPSA) is 66.0 Å².